The second-order valence-corrected chi connectivity index (χ2v) is 4.86. The first kappa shape index (κ1) is 14.3. The van der Waals surface area contributed by atoms with E-state index in [0.717, 1.165) is 29.4 Å². The van der Waals surface area contributed by atoms with E-state index in [1.54, 1.807) is 7.11 Å². The van der Waals surface area contributed by atoms with Gasteiger partial charge in [0.2, 0.25) is 0 Å². The molecular formula is C16H18N4O2. The van der Waals surface area contributed by atoms with Crippen molar-refractivity contribution in [2.24, 2.45) is 0 Å². The molecule has 114 valence electrons. The minimum absolute atomic E-state index is 0.567. The van der Waals surface area contributed by atoms with Gasteiger partial charge < -0.3 is 14.6 Å². The molecule has 0 fully saturated rings. The van der Waals surface area contributed by atoms with Gasteiger partial charge in [0.1, 0.15) is 11.5 Å². The van der Waals surface area contributed by atoms with Gasteiger partial charge in [0, 0.05) is 31.0 Å². The lowest BCUT2D eigenvalue weighted by Crippen LogP contribution is -2.06. The monoisotopic (exact) mass is 298 g/mol. The minimum Gasteiger partial charge on any atom is -0.383 e. The van der Waals surface area contributed by atoms with Crippen LogP contribution in [0.1, 0.15) is 5.69 Å². The Labute approximate surface area is 128 Å². The van der Waals surface area contributed by atoms with Crippen molar-refractivity contribution >= 4 is 5.82 Å². The first-order valence-corrected chi connectivity index (χ1v) is 7.12. The summed E-state index contributed by atoms with van der Waals surface area (Å²) in [6.45, 7) is 1.95. The first-order valence-electron chi connectivity index (χ1n) is 7.12. The molecule has 3 rings (SSSR count). The summed E-state index contributed by atoms with van der Waals surface area (Å²) in [4.78, 5) is 0. The van der Waals surface area contributed by atoms with Gasteiger partial charge in [-0.1, -0.05) is 35.5 Å². The number of nitrogens with one attached hydrogen (secondary N) is 1. The molecule has 0 unspecified atom stereocenters. The maximum absolute atomic E-state index is 5.37. The summed E-state index contributed by atoms with van der Waals surface area (Å²) < 4.78 is 12.2. The van der Waals surface area contributed by atoms with E-state index < -0.39 is 0 Å². The second kappa shape index (κ2) is 6.91. The van der Waals surface area contributed by atoms with Crippen LogP contribution in [0, 0.1) is 0 Å². The highest BCUT2D eigenvalue weighted by Gasteiger charge is 2.06. The minimum atomic E-state index is 0.567. The highest BCUT2D eigenvalue weighted by atomic mass is 16.5. The lowest BCUT2D eigenvalue weighted by atomic mass is 10.2. The number of hydrogen-bond acceptors (Lipinski definition) is 5. The fourth-order valence-electron chi connectivity index (χ4n) is 2.08. The molecule has 6 heteroatoms. The number of hydrogen-bond donors (Lipinski definition) is 1. The summed E-state index contributed by atoms with van der Waals surface area (Å²) >= 11 is 0. The van der Waals surface area contributed by atoms with Crippen molar-refractivity contribution in [1.82, 2.24) is 14.9 Å². The van der Waals surface area contributed by atoms with E-state index in [-0.39, 0.29) is 0 Å². The van der Waals surface area contributed by atoms with Crippen LogP contribution in [-0.4, -0.2) is 28.7 Å². The third-order valence-electron chi connectivity index (χ3n) is 3.23. The molecule has 0 aliphatic carbocycles. The number of methoxy groups -OCH3 is 1. The molecule has 0 radical (unpaired) electrons. The van der Waals surface area contributed by atoms with E-state index in [1.165, 1.54) is 0 Å². The highest BCUT2D eigenvalue weighted by Crippen LogP contribution is 2.20. The van der Waals surface area contributed by atoms with Crippen LogP contribution in [0.4, 0.5) is 5.82 Å². The average molecular weight is 298 g/mol. The van der Waals surface area contributed by atoms with Crippen LogP contribution in [-0.2, 0) is 17.8 Å². The van der Waals surface area contributed by atoms with E-state index in [9.17, 15) is 0 Å². The van der Waals surface area contributed by atoms with Crippen molar-refractivity contribution in [3.63, 3.8) is 0 Å². The molecule has 0 atom stereocenters. The highest BCUT2D eigenvalue weighted by molar-refractivity contribution is 5.57. The SMILES string of the molecule is COCCn1ccc(NCc2cc(-c3ccccc3)on2)n1. The van der Waals surface area contributed by atoms with Crippen molar-refractivity contribution in [1.29, 1.82) is 0 Å². The topological polar surface area (TPSA) is 65.1 Å². The van der Waals surface area contributed by atoms with Crippen molar-refractivity contribution in [3.8, 4) is 11.3 Å². The molecule has 2 heterocycles. The van der Waals surface area contributed by atoms with Gasteiger partial charge >= 0.3 is 0 Å². The molecule has 0 saturated carbocycles. The Hall–Kier alpha value is -2.60. The third-order valence-corrected chi connectivity index (χ3v) is 3.23. The van der Waals surface area contributed by atoms with E-state index in [2.05, 4.69) is 15.6 Å². The van der Waals surface area contributed by atoms with E-state index in [0.29, 0.717) is 13.2 Å². The van der Waals surface area contributed by atoms with Gasteiger partial charge in [0.25, 0.3) is 0 Å². The summed E-state index contributed by atoms with van der Waals surface area (Å²) in [6, 6.07) is 13.8. The van der Waals surface area contributed by atoms with E-state index >= 15 is 0 Å². The quantitative estimate of drug-likeness (QED) is 0.726. The molecule has 0 aliphatic heterocycles. The summed E-state index contributed by atoms with van der Waals surface area (Å²) in [5, 5.41) is 11.7. The molecule has 6 nitrogen and oxygen atoms in total. The number of ether oxygens (including phenoxy) is 1. The molecule has 1 aromatic carbocycles. The van der Waals surface area contributed by atoms with Crippen LogP contribution in [0.2, 0.25) is 0 Å². The lowest BCUT2D eigenvalue weighted by molar-refractivity contribution is 0.183. The first-order chi connectivity index (χ1) is 10.8. The van der Waals surface area contributed by atoms with Gasteiger partial charge in [-0.25, -0.2) is 0 Å². The predicted molar refractivity (Wildman–Crippen MR) is 83.4 cm³/mol. The number of aromatic nitrogens is 3. The van der Waals surface area contributed by atoms with Crippen LogP contribution in [0.3, 0.4) is 0 Å². The lowest BCUT2D eigenvalue weighted by Gasteiger charge is -2.00. The summed E-state index contributed by atoms with van der Waals surface area (Å²) in [7, 11) is 1.68. The van der Waals surface area contributed by atoms with Gasteiger partial charge in [0.15, 0.2) is 5.76 Å². The van der Waals surface area contributed by atoms with E-state index in [1.807, 2.05) is 53.3 Å². The van der Waals surface area contributed by atoms with Gasteiger partial charge in [-0.3, -0.25) is 4.68 Å². The summed E-state index contributed by atoms with van der Waals surface area (Å²) in [6.07, 6.45) is 1.92. The standard InChI is InChI=1S/C16H18N4O2/c1-21-10-9-20-8-7-16(18-20)17-12-14-11-15(22-19-14)13-5-3-2-4-6-13/h2-8,11H,9-10,12H2,1H3,(H,17,18). The zero-order chi connectivity index (χ0) is 15.2. The smallest absolute Gasteiger partial charge is 0.167 e. The van der Waals surface area contributed by atoms with Crippen LogP contribution in [0.25, 0.3) is 11.3 Å². The molecule has 0 aliphatic rings. The normalized spacial score (nSPS) is 10.8. The molecule has 22 heavy (non-hydrogen) atoms. The summed E-state index contributed by atoms with van der Waals surface area (Å²) in [5.74, 6) is 1.57. The average Bonchev–Trinajstić information content (AvgIpc) is 3.21. The molecule has 0 spiro atoms. The van der Waals surface area contributed by atoms with Gasteiger partial charge in [-0.15, -0.1) is 0 Å². The second-order valence-electron chi connectivity index (χ2n) is 4.86. The Morgan fingerprint density at radius 2 is 2.09 bits per heavy atom. The van der Waals surface area contributed by atoms with Crippen molar-refractivity contribution in [2.45, 2.75) is 13.1 Å². The molecular weight excluding hydrogens is 280 g/mol. The predicted octanol–water partition coefficient (Wildman–Crippen LogP) is 2.80. The molecule has 1 N–H and O–H groups in total. The van der Waals surface area contributed by atoms with Crippen molar-refractivity contribution in [3.05, 3.63) is 54.4 Å². The summed E-state index contributed by atoms with van der Waals surface area (Å²) in [5.41, 5.74) is 1.86. The number of benzene rings is 1. The number of rotatable bonds is 7. The third kappa shape index (κ3) is 3.53. The fourth-order valence-corrected chi connectivity index (χ4v) is 2.08. The zero-order valence-corrected chi connectivity index (χ0v) is 12.4. The molecule has 0 bridgehead atoms. The largest absolute Gasteiger partial charge is 0.383 e. The van der Waals surface area contributed by atoms with Crippen LogP contribution in [0.15, 0.2) is 53.2 Å². The van der Waals surface area contributed by atoms with Gasteiger partial charge in [-0.05, 0) is 0 Å². The van der Waals surface area contributed by atoms with Crippen LogP contribution < -0.4 is 5.32 Å². The maximum atomic E-state index is 5.37. The molecule has 0 saturated heterocycles. The van der Waals surface area contributed by atoms with Crippen LogP contribution in [0.5, 0.6) is 0 Å². The fraction of sp³-hybridized carbons (Fsp3) is 0.250. The Bertz CT molecular complexity index is 706. The maximum Gasteiger partial charge on any atom is 0.167 e. The molecule has 3 aromatic rings. The molecule has 2 aromatic heterocycles. The Kier molecular flexibility index (Phi) is 4.50. The van der Waals surface area contributed by atoms with E-state index in [4.69, 9.17) is 9.26 Å². The van der Waals surface area contributed by atoms with Gasteiger partial charge in [-0.2, -0.15) is 5.10 Å². The Balaban J connectivity index is 1.58. The Morgan fingerprint density at radius 3 is 2.91 bits per heavy atom. The number of nitrogens with zero attached hydrogens (tertiary/aromatic N) is 3. The van der Waals surface area contributed by atoms with Crippen molar-refractivity contribution < 1.29 is 9.26 Å². The zero-order valence-electron chi connectivity index (χ0n) is 12.4. The van der Waals surface area contributed by atoms with Crippen molar-refractivity contribution in [2.75, 3.05) is 19.0 Å². The van der Waals surface area contributed by atoms with Gasteiger partial charge in [0.05, 0.1) is 19.7 Å². The van der Waals surface area contributed by atoms with Crippen LogP contribution >= 0.6 is 0 Å². The molecule has 0 amide bonds. The Morgan fingerprint density at radius 1 is 1.23 bits per heavy atom. The number of anilines is 1.